The lowest BCUT2D eigenvalue weighted by molar-refractivity contribution is -0.324. The number of ether oxygens (including phenoxy) is 4. The predicted molar refractivity (Wildman–Crippen MR) is 159 cm³/mol. The zero-order valence-electron chi connectivity index (χ0n) is 23.9. The molecule has 2 aliphatic rings. The molecule has 0 N–H and O–H groups in total. The summed E-state index contributed by atoms with van der Waals surface area (Å²) >= 11 is 0. The lowest BCUT2D eigenvalue weighted by Gasteiger charge is -2.51. The first-order valence-corrected chi connectivity index (χ1v) is 18.0. The molecule has 0 amide bonds. The van der Waals surface area contributed by atoms with Gasteiger partial charge in [0.15, 0.2) is 20.0 Å². The summed E-state index contributed by atoms with van der Waals surface area (Å²) in [6.07, 6.45) is -2.63. The van der Waals surface area contributed by atoms with Gasteiger partial charge in [-0.05, 0) is 35.8 Å². The Morgan fingerprint density at radius 1 is 0.850 bits per heavy atom. The minimum atomic E-state index is -2.35. The van der Waals surface area contributed by atoms with E-state index in [-0.39, 0.29) is 5.04 Å². The predicted octanol–water partition coefficient (Wildman–Crippen LogP) is 6.61. The molecule has 0 spiro atoms. The van der Waals surface area contributed by atoms with Gasteiger partial charge in [0.2, 0.25) is 0 Å². The van der Waals surface area contributed by atoms with Gasteiger partial charge in [-0.2, -0.15) is 0 Å². The van der Waals surface area contributed by atoms with Crippen LogP contribution in [0.1, 0.15) is 38.2 Å². The molecule has 0 bridgehead atoms. The number of benzene rings is 3. The van der Waals surface area contributed by atoms with E-state index in [1.165, 1.54) is 0 Å². The molecule has 6 nitrogen and oxygen atoms in total. The first-order valence-electron chi connectivity index (χ1n) is 13.9. The van der Waals surface area contributed by atoms with E-state index >= 15 is 0 Å². The first kappa shape index (κ1) is 29.3. The summed E-state index contributed by atoms with van der Waals surface area (Å²) in [5.74, 6) is 0. The minimum absolute atomic E-state index is 0.0737. The average Bonchev–Trinajstić information content (AvgIpc) is 2.96. The van der Waals surface area contributed by atoms with Gasteiger partial charge in [0.05, 0.1) is 24.0 Å². The molecule has 2 saturated heterocycles. The highest BCUT2D eigenvalue weighted by molar-refractivity contribution is 7.85. The van der Waals surface area contributed by atoms with Crippen LogP contribution in [0, 0.1) is 0 Å². The molecule has 2 aliphatic heterocycles. The first-order chi connectivity index (χ1) is 19.1. The topological polar surface area (TPSA) is 63.2 Å². The third-order valence-electron chi connectivity index (χ3n) is 8.06. The van der Waals surface area contributed by atoms with Crippen molar-refractivity contribution in [1.29, 1.82) is 0 Å². The van der Waals surface area contributed by atoms with E-state index in [0.29, 0.717) is 18.1 Å². The maximum absolute atomic E-state index is 14.1. The lowest BCUT2D eigenvalue weighted by Crippen LogP contribution is -2.66. The standard InChI is InChI=1S/C32H40O6SSi/c1-32(2,3)40(4,5)38-29-28(34-21-23-15-9-6-10-16-23)27-26(22-35-30(37-27)24-17-11-7-12-18-24)36-31(29)39(33)25-19-13-8-14-20-25/h6-20,26-31H,21-22H2,1-5H3/t26?,27-,28-,29?,30?,31-,39?/m1/s1. The van der Waals surface area contributed by atoms with Gasteiger partial charge in [-0.15, -0.1) is 0 Å². The second kappa shape index (κ2) is 12.4. The highest BCUT2D eigenvalue weighted by Crippen LogP contribution is 2.43. The van der Waals surface area contributed by atoms with Gasteiger partial charge < -0.3 is 23.4 Å². The van der Waals surface area contributed by atoms with E-state index in [0.717, 1.165) is 11.1 Å². The highest BCUT2D eigenvalue weighted by atomic mass is 32.2. The van der Waals surface area contributed by atoms with E-state index in [4.69, 9.17) is 23.4 Å². The molecule has 40 heavy (non-hydrogen) atoms. The Kier molecular flexibility index (Phi) is 9.07. The Balaban J connectivity index is 1.53. The zero-order chi connectivity index (χ0) is 28.3. The number of rotatable bonds is 8. The highest BCUT2D eigenvalue weighted by Gasteiger charge is 2.55. The fourth-order valence-corrected chi connectivity index (χ4v) is 7.57. The normalized spacial score (nSPS) is 28.0. The number of fused-ring (bicyclic) bond motifs is 1. The van der Waals surface area contributed by atoms with E-state index in [9.17, 15) is 4.21 Å². The minimum Gasteiger partial charge on any atom is -0.407 e. The molecule has 7 atom stereocenters. The summed E-state index contributed by atoms with van der Waals surface area (Å²) in [5, 5.41) is -0.0737. The van der Waals surface area contributed by atoms with Crippen LogP contribution in [0.3, 0.4) is 0 Å². The molecule has 8 heteroatoms. The van der Waals surface area contributed by atoms with Gasteiger partial charge in [0, 0.05) is 10.5 Å². The van der Waals surface area contributed by atoms with Crippen LogP contribution >= 0.6 is 0 Å². The van der Waals surface area contributed by atoms with E-state index in [2.05, 4.69) is 33.9 Å². The maximum Gasteiger partial charge on any atom is 0.192 e. The van der Waals surface area contributed by atoms with Crippen molar-refractivity contribution < 1.29 is 27.6 Å². The molecule has 3 aromatic rings. The second-order valence-corrected chi connectivity index (χ2v) is 18.2. The van der Waals surface area contributed by atoms with E-state index in [1.807, 2.05) is 91.0 Å². The van der Waals surface area contributed by atoms with Crippen LogP contribution in [0.25, 0.3) is 0 Å². The quantitative estimate of drug-likeness (QED) is 0.280. The van der Waals surface area contributed by atoms with Crippen molar-refractivity contribution >= 4 is 19.1 Å². The van der Waals surface area contributed by atoms with Crippen LogP contribution in [-0.4, -0.2) is 49.0 Å². The van der Waals surface area contributed by atoms with Crippen molar-refractivity contribution in [3.8, 4) is 0 Å². The molecule has 0 aromatic heterocycles. The summed E-state index contributed by atoms with van der Waals surface area (Å²) in [5.41, 5.74) is 1.22. The smallest absolute Gasteiger partial charge is 0.192 e. The van der Waals surface area contributed by atoms with Gasteiger partial charge in [-0.3, -0.25) is 4.21 Å². The summed E-state index contributed by atoms with van der Waals surface area (Å²) in [4.78, 5) is 0.691. The number of hydrogen-bond acceptors (Lipinski definition) is 6. The second-order valence-electron chi connectivity index (χ2n) is 11.9. The van der Waals surface area contributed by atoms with Gasteiger partial charge in [-0.25, -0.2) is 0 Å². The van der Waals surface area contributed by atoms with Crippen LogP contribution in [-0.2, 0) is 40.8 Å². The molecular weight excluding hydrogens is 540 g/mol. The molecule has 2 heterocycles. The third-order valence-corrected chi connectivity index (χ3v) is 14.1. The Labute approximate surface area is 241 Å². The largest absolute Gasteiger partial charge is 0.407 e. The van der Waals surface area contributed by atoms with Crippen LogP contribution in [0.15, 0.2) is 95.9 Å². The van der Waals surface area contributed by atoms with Gasteiger partial charge >= 0.3 is 0 Å². The van der Waals surface area contributed by atoms with E-state index < -0.39 is 55.3 Å². The Morgan fingerprint density at radius 2 is 1.45 bits per heavy atom. The van der Waals surface area contributed by atoms with Gasteiger partial charge in [0.25, 0.3) is 0 Å². The van der Waals surface area contributed by atoms with Crippen molar-refractivity contribution in [3.05, 3.63) is 102 Å². The summed E-state index contributed by atoms with van der Waals surface area (Å²) in [7, 11) is -3.86. The summed E-state index contributed by atoms with van der Waals surface area (Å²) in [6.45, 7) is 11.7. The molecule has 5 rings (SSSR count). The van der Waals surface area contributed by atoms with E-state index in [1.54, 1.807) is 0 Å². The molecule has 4 unspecified atom stereocenters. The van der Waals surface area contributed by atoms with Crippen molar-refractivity contribution in [2.75, 3.05) is 6.61 Å². The molecule has 214 valence electrons. The van der Waals surface area contributed by atoms with Crippen LogP contribution in [0.4, 0.5) is 0 Å². The van der Waals surface area contributed by atoms with Gasteiger partial charge in [0.1, 0.15) is 24.4 Å². The Hall–Kier alpha value is -2.17. The molecule has 0 radical (unpaired) electrons. The molecular formula is C32H40O6SSi. The fraction of sp³-hybridized carbons (Fsp3) is 0.438. The Bertz CT molecular complexity index is 1250. The average molecular weight is 581 g/mol. The molecule has 2 fully saturated rings. The van der Waals surface area contributed by atoms with Crippen molar-refractivity contribution in [1.82, 2.24) is 0 Å². The lowest BCUT2D eigenvalue weighted by atomic mass is 9.98. The van der Waals surface area contributed by atoms with Crippen LogP contribution in [0.2, 0.25) is 18.1 Å². The van der Waals surface area contributed by atoms with Crippen molar-refractivity contribution in [2.45, 2.75) is 86.5 Å². The fourth-order valence-electron chi connectivity index (χ4n) is 4.79. The van der Waals surface area contributed by atoms with Crippen LogP contribution < -0.4 is 0 Å². The van der Waals surface area contributed by atoms with Gasteiger partial charge in [-0.1, -0.05) is 99.6 Å². The molecule has 0 aliphatic carbocycles. The molecule has 3 aromatic carbocycles. The third kappa shape index (κ3) is 6.49. The molecule has 0 saturated carbocycles. The maximum atomic E-state index is 14.1. The number of hydrogen-bond donors (Lipinski definition) is 0. The monoisotopic (exact) mass is 580 g/mol. The Morgan fingerprint density at radius 3 is 2.08 bits per heavy atom. The van der Waals surface area contributed by atoms with Crippen LogP contribution in [0.5, 0.6) is 0 Å². The summed E-state index contributed by atoms with van der Waals surface area (Å²) in [6, 6.07) is 29.4. The van der Waals surface area contributed by atoms with Crippen molar-refractivity contribution in [3.63, 3.8) is 0 Å². The van der Waals surface area contributed by atoms with Crippen molar-refractivity contribution in [2.24, 2.45) is 0 Å². The SMILES string of the molecule is CC(C)(C)[Si](C)(C)OC1[C@H](OCc2ccccc2)[C@@H]2OC(c3ccccc3)OCC2O[C@@H]1S(=O)c1ccccc1. The zero-order valence-corrected chi connectivity index (χ0v) is 25.7. The summed E-state index contributed by atoms with van der Waals surface area (Å²) < 4.78 is 47.2.